The Balaban J connectivity index is 2.67. The van der Waals surface area contributed by atoms with Crippen LogP contribution in [-0.2, 0) is 4.79 Å². The lowest BCUT2D eigenvalue weighted by molar-refractivity contribution is -0.109. The molecule has 0 saturated heterocycles. The third-order valence-corrected chi connectivity index (χ3v) is 2.42. The summed E-state index contributed by atoms with van der Waals surface area (Å²) < 4.78 is 0.727. The topological polar surface area (TPSA) is 42.9 Å². The van der Waals surface area contributed by atoms with Crippen LogP contribution in [0.5, 0.6) is 0 Å². The summed E-state index contributed by atoms with van der Waals surface area (Å²) >= 11 is 2.56. The SMILES string of the molecule is CC(=O)Sc1nnc(C)s1. The van der Waals surface area contributed by atoms with E-state index >= 15 is 0 Å². The van der Waals surface area contributed by atoms with Crippen LogP contribution in [0, 0.1) is 6.92 Å². The molecule has 0 aliphatic heterocycles. The number of hydrogen-bond donors (Lipinski definition) is 0. The Labute approximate surface area is 66.9 Å². The Bertz CT molecular complexity index is 246. The lowest BCUT2D eigenvalue weighted by Gasteiger charge is -1.82. The summed E-state index contributed by atoms with van der Waals surface area (Å²) in [6.07, 6.45) is 0. The van der Waals surface area contributed by atoms with Gasteiger partial charge in [0.2, 0.25) is 0 Å². The zero-order chi connectivity index (χ0) is 7.56. The molecule has 0 bridgehead atoms. The van der Waals surface area contributed by atoms with E-state index in [-0.39, 0.29) is 5.12 Å². The van der Waals surface area contributed by atoms with E-state index in [1.54, 1.807) is 0 Å². The van der Waals surface area contributed by atoms with Crippen molar-refractivity contribution < 1.29 is 4.79 Å². The molecule has 54 valence electrons. The maximum atomic E-state index is 10.5. The number of aryl methyl sites for hydroxylation is 1. The molecule has 1 heterocycles. The van der Waals surface area contributed by atoms with Crippen LogP contribution in [0.2, 0.25) is 0 Å². The third-order valence-electron chi connectivity index (χ3n) is 0.739. The average Bonchev–Trinajstić information content (AvgIpc) is 2.13. The summed E-state index contributed by atoms with van der Waals surface area (Å²) in [6.45, 7) is 3.38. The fourth-order valence-corrected chi connectivity index (χ4v) is 2.07. The van der Waals surface area contributed by atoms with Crippen LogP contribution < -0.4 is 0 Å². The quantitative estimate of drug-likeness (QED) is 0.605. The van der Waals surface area contributed by atoms with Gasteiger partial charge < -0.3 is 0 Å². The largest absolute Gasteiger partial charge is 0.287 e. The lowest BCUT2D eigenvalue weighted by Crippen LogP contribution is -1.79. The molecule has 0 unspecified atom stereocenters. The molecule has 0 aromatic carbocycles. The van der Waals surface area contributed by atoms with E-state index in [0.717, 1.165) is 21.1 Å². The van der Waals surface area contributed by atoms with Gasteiger partial charge in [-0.1, -0.05) is 11.3 Å². The third kappa shape index (κ3) is 2.07. The first-order valence-electron chi connectivity index (χ1n) is 2.67. The lowest BCUT2D eigenvalue weighted by atomic mass is 10.9. The number of hydrogen-bond acceptors (Lipinski definition) is 5. The highest BCUT2D eigenvalue weighted by Gasteiger charge is 2.02. The van der Waals surface area contributed by atoms with Gasteiger partial charge in [0.25, 0.3) is 0 Å². The van der Waals surface area contributed by atoms with E-state index in [9.17, 15) is 4.79 Å². The van der Waals surface area contributed by atoms with Crippen LogP contribution in [0.25, 0.3) is 0 Å². The maximum absolute atomic E-state index is 10.5. The Hall–Kier alpha value is -0.420. The number of nitrogens with zero attached hydrogens (tertiary/aromatic N) is 2. The van der Waals surface area contributed by atoms with Crippen LogP contribution >= 0.6 is 23.1 Å². The van der Waals surface area contributed by atoms with Gasteiger partial charge in [-0.15, -0.1) is 10.2 Å². The van der Waals surface area contributed by atoms with Crippen molar-refractivity contribution in [3.05, 3.63) is 5.01 Å². The fourth-order valence-electron chi connectivity index (χ4n) is 0.443. The average molecular weight is 174 g/mol. The minimum absolute atomic E-state index is 0.0520. The molecule has 5 heteroatoms. The van der Waals surface area contributed by atoms with Crippen LogP contribution in [0.1, 0.15) is 11.9 Å². The number of rotatable bonds is 1. The second-order valence-electron chi connectivity index (χ2n) is 1.68. The molecule has 10 heavy (non-hydrogen) atoms. The highest BCUT2D eigenvalue weighted by atomic mass is 32.2. The number of carbonyl (C=O) groups is 1. The molecule has 1 aromatic rings. The summed E-state index contributed by atoms with van der Waals surface area (Å²) in [7, 11) is 0. The smallest absolute Gasteiger partial charge is 0.192 e. The Morgan fingerprint density at radius 2 is 2.30 bits per heavy atom. The van der Waals surface area contributed by atoms with Crippen molar-refractivity contribution in [1.29, 1.82) is 0 Å². The zero-order valence-corrected chi connectivity index (χ0v) is 7.25. The molecule has 3 nitrogen and oxygen atoms in total. The predicted molar refractivity (Wildman–Crippen MR) is 41.2 cm³/mol. The van der Waals surface area contributed by atoms with E-state index in [2.05, 4.69) is 10.2 Å². The number of carbonyl (C=O) groups excluding carboxylic acids is 1. The van der Waals surface area contributed by atoms with Gasteiger partial charge in [0.15, 0.2) is 9.45 Å². The van der Waals surface area contributed by atoms with E-state index < -0.39 is 0 Å². The van der Waals surface area contributed by atoms with Crippen LogP contribution in [-0.4, -0.2) is 15.3 Å². The second-order valence-corrected chi connectivity index (χ2v) is 4.29. The summed E-state index contributed by atoms with van der Waals surface area (Å²) in [6, 6.07) is 0. The molecule has 0 saturated carbocycles. The first-order valence-corrected chi connectivity index (χ1v) is 4.30. The molecular formula is C5H6N2OS2. The molecule has 0 spiro atoms. The summed E-state index contributed by atoms with van der Waals surface area (Å²) in [4.78, 5) is 10.5. The minimum atomic E-state index is 0.0520. The van der Waals surface area contributed by atoms with Crippen molar-refractivity contribution in [3.8, 4) is 0 Å². The Morgan fingerprint density at radius 3 is 2.70 bits per heavy atom. The maximum Gasteiger partial charge on any atom is 0.192 e. The van der Waals surface area contributed by atoms with Gasteiger partial charge in [-0.3, -0.25) is 4.79 Å². The molecule has 1 aromatic heterocycles. The Kier molecular flexibility index (Phi) is 2.39. The van der Waals surface area contributed by atoms with Gasteiger partial charge in [0.05, 0.1) is 0 Å². The first kappa shape index (κ1) is 7.68. The zero-order valence-electron chi connectivity index (χ0n) is 5.62. The van der Waals surface area contributed by atoms with Gasteiger partial charge in [0, 0.05) is 6.92 Å². The van der Waals surface area contributed by atoms with Crippen molar-refractivity contribution in [2.45, 2.75) is 18.2 Å². The molecule has 0 atom stereocenters. The van der Waals surface area contributed by atoms with Gasteiger partial charge in [-0.25, -0.2) is 0 Å². The van der Waals surface area contributed by atoms with E-state index in [0.29, 0.717) is 0 Å². The van der Waals surface area contributed by atoms with Gasteiger partial charge in [-0.2, -0.15) is 0 Å². The van der Waals surface area contributed by atoms with E-state index in [4.69, 9.17) is 0 Å². The van der Waals surface area contributed by atoms with Crippen molar-refractivity contribution in [2.24, 2.45) is 0 Å². The highest BCUT2D eigenvalue weighted by Crippen LogP contribution is 2.21. The summed E-state index contributed by atoms with van der Waals surface area (Å²) in [5.74, 6) is 0. The minimum Gasteiger partial charge on any atom is -0.287 e. The predicted octanol–water partition coefficient (Wildman–Crippen LogP) is 1.49. The van der Waals surface area contributed by atoms with Crippen molar-refractivity contribution in [3.63, 3.8) is 0 Å². The van der Waals surface area contributed by atoms with Gasteiger partial charge >= 0.3 is 0 Å². The summed E-state index contributed by atoms with van der Waals surface area (Å²) in [5.41, 5.74) is 0. The van der Waals surface area contributed by atoms with Gasteiger partial charge in [0.1, 0.15) is 5.01 Å². The molecule has 0 amide bonds. The molecule has 0 aliphatic rings. The first-order chi connectivity index (χ1) is 4.68. The molecular weight excluding hydrogens is 168 g/mol. The van der Waals surface area contributed by atoms with Crippen molar-refractivity contribution in [1.82, 2.24) is 10.2 Å². The number of thioether (sulfide) groups is 1. The highest BCUT2D eigenvalue weighted by molar-refractivity contribution is 8.14. The number of aromatic nitrogens is 2. The second kappa shape index (κ2) is 3.12. The van der Waals surface area contributed by atoms with Crippen LogP contribution in [0.15, 0.2) is 4.34 Å². The monoisotopic (exact) mass is 174 g/mol. The van der Waals surface area contributed by atoms with E-state index in [1.165, 1.54) is 18.3 Å². The Morgan fingerprint density at radius 1 is 1.60 bits per heavy atom. The molecule has 0 fully saturated rings. The molecule has 0 aliphatic carbocycles. The van der Waals surface area contributed by atoms with Crippen LogP contribution in [0.3, 0.4) is 0 Å². The molecule has 0 N–H and O–H groups in total. The van der Waals surface area contributed by atoms with E-state index in [1.807, 2.05) is 6.92 Å². The standard InChI is InChI=1S/C5H6N2OS2/c1-3-6-7-5(9-3)10-4(2)8/h1-2H3. The fraction of sp³-hybridized carbons (Fsp3) is 0.400. The summed E-state index contributed by atoms with van der Waals surface area (Å²) in [5, 5.41) is 8.48. The van der Waals surface area contributed by atoms with Gasteiger partial charge in [-0.05, 0) is 18.7 Å². The van der Waals surface area contributed by atoms with Crippen molar-refractivity contribution >= 4 is 28.2 Å². The molecule has 0 radical (unpaired) electrons. The van der Waals surface area contributed by atoms with Crippen molar-refractivity contribution in [2.75, 3.05) is 0 Å². The van der Waals surface area contributed by atoms with Crippen LogP contribution in [0.4, 0.5) is 0 Å². The normalized spacial score (nSPS) is 9.80. The molecule has 1 rings (SSSR count).